The lowest BCUT2D eigenvalue weighted by molar-refractivity contribution is 0.0947. The molecule has 128 valence electrons. The predicted molar refractivity (Wildman–Crippen MR) is 94.4 cm³/mol. The van der Waals surface area contributed by atoms with Gasteiger partial charge >= 0.3 is 0 Å². The Kier molecular flexibility index (Phi) is 6.80. The molecule has 1 nitrogen and oxygen atoms in total. The van der Waals surface area contributed by atoms with Crippen LogP contribution in [0.25, 0.3) is 0 Å². The Hall–Kier alpha value is -1.18. The van der Waals surface area contributed by atoms with E-state index in [9.17, 15) is 9.18 Å². The fourth-order valence-electron chi connectivity index (χ4n) is 4.29. The molecule has 0 aliphatic heterocycles. The normalized spacial score (nSPS) is 20.9. The molecule has 0 radical (unpaired) electrons. The van der Waals surface area contributed by atoms with Crippen molar-refractivity contribution in [3.8, 4) is 0 Å². The third-order valence-corrected chi connectivity index (χ3v) is 5.47. The lowest BCUT2D eigenvalue weighted by atomic mass is 9.84. The lowest BCUT2D eigenvalue weighted by Gasteiger charge is -2.20. The van der Waals surface area contributed by atoms with Gasteiger partial charge in [-0.25, -0.2) is 4.39 Å². The van der Waals surface area contributed by atoms with Gasteiger partial charge in [-0.15, -0.1) is 0 Å². The maximum atomic E-state index is 13.4. The molecule has 0 N–H and O–H groups in total. The van der Waals surface area contributed by atoms with Crippen LogP contribution in [0, 0.1) is 31.5 Å². The van der Waals surface area contributed by atoms with Crippen molar-refractivity contribution in [3.05, 3.63) is 34.6 Å². The van der Waals surface area contributed by atoms with Gasteiger partial charge in [-0.3, -0.25) is 4.79 Å². The number of hydrogen-bond acceptors (Lipinski definition) is 1. The highest BCUT2D eigenvalue weighted by Crippen LogP contribution is 2.38. The highest BCUT2D eigenvalue weighted by Gasteiger charge is 2.29. The molecule has 0 bridgehead atoms. The Morgan fingerprint density at radius 2 is 1.74 bits per heavy atom. The smallest absolute Gasteiger partial charge is 0.163 e. The zero-order valence-electron chi connectivity index (χ0n) is 15.0. The second-order valence-electron chi connectivity index (χ2n) is 7.34. The SMILES string of the molecule is CCCCCCC1CCCC1CC(=O)c1c(C)cc(F)cc1C. The van der Waals surface area contributed by atoms with Gasteiger partial charge in [0.25, 0.3) is 0 Å². The molecule has 0 saturated heterocycles. The van der Waals surface area contributed by atoms with E-state index in [-0.39, 0.29) is 11.6 Å². The van der Waals surface area contributed by atoms with Gasteiger partial charge in [-0.05, 0) is 55.4 Å². The average Bonchev–Trinajstić information content (AvgIpc) is 2.89. The van der Waals surface area contributed by atoms with Crippen molar-refractivity contribution in [2.45, 2.75) is 78.6 Å². The summed E-state index contributed by atoms with van der Waals surface area (Å²) in [5.74, 6) is 1.22. The second kappa shape index (κ2) is 8.61. The van der Waals surface area contributed by atoms with Crippen LogP contribution in [0.15, 0.2) is 12.1 Å². The average molecular weight is 318 g/mol. The number of aryl methyl sites for hydroxylation is 2. The number of ketones is 1. The summed E-state index contributed by atoms with van der Waals surface area (Å²) in [6.45, 7) is 5.94. The topological polar surface area (TPSA) is 17.1 Å². The van der Waals surface area contributed by atoms with Crippen LogP contribution in [-0.4, -0.2) is 5.78 Å². The summed E-state index contributed by atoms with van der Waals surface area (Å²) in [5.41, 5.74) is 2.32. The van der Waals surface area contributed by atoms with E-state index in [0.29, 0.717) is 12.3 Å². The van der Waals surface area contributed by atoms with Crippen molar-refractivity contribution in [2.24, 2.45) is 11.8 Å². The summed E-state index contributed by atoms with van der Waals surface area (Å²) >= 11 is 0. The van der Waals surface area contributed by atoms with Crippen molar-refractivity contribution in [1.29, 1.82) is 0 Å². The second-order valence-corrected chi connectivity index (χ2v) is 7.34. The molecule has 1 aliphatic rings. The predicted octanol–water partition coefficient (Wildman–Crippen LogP) is 6.40. The van der Waals surface area contributed by atoms with Crippen LogP contribution >= 0.6 is 0 Å². The van der Waals surface area contributed by atoms with Gasteiger partial charge in [0.05, 0.1) is 0 Å². The minimum absolute atomic E-state index is 0.213. The number of hydrogen-bond donors (Lipinski definition) is 0. The maximum Gasteiger partial charge on any atom is 0.163 e. The number of unbranched alkanes of at least 4 members (excludes halogenated alkanes) is 3. The first kappa shape index (κ1) is 18.2. The van der Waals surface area contributed by atoms with Gasteiger partial charge in [-0.1, -0.05) is 51.9 Å². The van der Waals surface area contributed by atoms with E-state index in [2.05, 4.69) is 6.92 Å². The number of carbonyl (C=O) groups excluding carboxylic acids is 1. The van der Waals surface area contributed by atoms with Crippen LogP contribution in [-0.2, 0) is 0 Å². The molecule has 0 aromatic heterocycles. The monoisotopic (exact) mass is 318 g/mol. The zero-order chi connectivity index (χ0) is 16.8. The highest BCUT2D eigenvalue weighted by atomic mass is 19.1. The number of carbonyl (C=O) groups is 1. The van der Waals surface area contributed by atoms with Crippen LogP contribution in [0.2, 0.25) is 0 Å². The largest absolute Gasteiger partial charge is 0.294 e. The third-order valence-electron chi connectivity index (χ3n) is 5.47. The van der Waals surface area contributed by atoms with E-state index in [0.717, 1.165) is 22.6 Å². The van der Waals surface area contributed by atoms with Crippen LogP contribution in [0.4, 0.5) is 4.39 Å². The van der Waals surface area contributed by atoms with Gasteiger partial charge in [0.15, 0.2) is 5.78 Å². The highest BCUT2D eigenvalue weighted by molar-refractivity contribution is 5.98. The van der Waals surface area contributed by atoms with E-state index in [1.54, 1.807) is 0 Å². The summed E-state index contributed by atoms with van der Waals surface area (Å²) in [6.07, 6.45) is 10.9. The first-order valence-electron chi connectivity index (χ1n) is 9.32. The summed E-state index contributed by atoms with van der Waals surface area (Å²) in [4.78, 5) is 12.8. The minimum Gasteiger partial charge on any atom is -0.294 e. The summed E-state index contributed by atoms with van der Waals surface area (Å²) < 4.78 is 13.4. The van der Waals surface area contributed by atoms with Gasteiger partial charge < -0.3 is 0 Å². The van der Waals surface area contributed by atoms with Crippen LogP contribution in [0.1, 0.15) is 86.2 Å². The summed E-state index contributed by atoms with van der Waals surface area (Å²) in [6, 6.07) is 2.97. The minimum atomic E-state index is -0.244. The maximum absolute atomic E-state index is 13.4. The molecule has 2 unspecified atom stereocenters. The molecule has 0 heterocycles. The van der Waals surface area contributed by atoms with Crippen molar-refractivity contribution in [3.63, 3.8) is 0 Å². The van der Waals surface area contributed by atoms with Crippen LogP contribution < -0.4 is 0 Å². The van der Waals surface area contributed by atoms with Crippen molar-refractivity contribution in [2.75, 3.05) is 0 Å². The Morgan fingerprint density at radius 1 is 1.09 bits per heavy atom. The zero-order valence-corrected chi connectivity index (χ0v) is 15.0. The van der Waals surface area contributed by atoms with Crippen LogP contribution in [0.3, 0.4) is 0 Å². The molecule has 1 saturated carbocycles. The standard InChI is InChI=1S/C21H31FO/c1-4-5-6-7-9-17-10-8-11-18(17)14-20(23)21-15(2)12-19(22)13-16(21)3/h12-13,17-18H,4-11,14H2,1-3H3. The molecular weight excluding hydrogens is 287 g/mol. The molecule has 0 spiro atoms. The Balaban J connectivity index is 1.96. The molecule has 23 heavy (non-hydrogen) atoms. The van der Waals surface area contributed by atoms with E-state index in [4.69, 9.17) is 0 Å². The van der Waals surface area contributed by atoms with Crippen molar-refractivity contribution < 1.29 is 9.18 Å². The Bertz CT molecular complexity index is 512. The molecule has 2 atom stereocenters. The molecule has 1 fully saturated rings. The molecule has 0 amide bonds. The van der Waals surface area contributed by atoms with E-state index in [1.165, 1.54) is 63.5 Å². The summed E-state index contributed by atoms with van der Waals surface area (Å²) in [7, 11) is 0. The van der Waals surface area contributed by atoms with E-state index >= 15 is 0 Å². The molecule has 1 aromatic carbocycles. The molecule has 1 aliphatic carbocycles. The third kappa shape index (κ3) is 4.89. The number of Topliss-reactive ketones (excluding diaryl/α,β-unsaturated/α-hetero) is 1. The van der Waals surface area contributed by atoms with E-state index < -0.39 is 0 Å². The molecule has 2 rings (SSSR count). The fraction of sp³-hybridized carbons (Fsp3) is 0.667. The van der Waals surface area contributed by atoms with Crippen LogP contribution in [0.5, 0.6) is 0 Å². The Labute approximate surface area is 140 Å². The number of halogens is 1. The first-order chi connectivity index (χ1) is 11.0. The Morgan fingerprint density at radius 3 is 2.39 bits per heavy atom. The number of benzene rings is 1. The molecule has 1 aromatic rings. The van der Waals surface area contributed by atoms with Crippen molar-refractivity contribution >= 4 is 5.78 Å². The van der Waals surface area contributed by atoms with Gasteiger partial charge in [0.2, 0.25) is 0 Å². The van der Waals surface area contributed by atoms with Gasteiger partial charge in [-0.2, -0.15) is 0 Å². The number of rotatable bonds is 8. The van der Waals surface area contributed by atoms with Gasteiger partial charge in [0.1, 0.15) is 5.82 Å². The summed E-state index contributed by atoms with van der Waals surface area (Å²) in [5, 5.41) is 0. The molecule has 2 heteroatoms. The quantitative estimate of drug-likeness (QED) is 0.400. The lowest BCUT2D eigenvalue weighted by Crippen LogP contribution is -2.15. The van der Waals surface area contributed by atoms with E-state index in [1.807, 2.05) is 13.8 Å². The molecular formula is C21H31FO. The van der Waals surface area contributed by atoms with Crippen molar-refractivity contribution in [1.82, 2.24) is 0 Å². The van der Waals surface area contributed by atoms with Gasteiger partial charge in [0, 0.05) is 12.0 Å². The fourth-order valence-corrected chi connectivity index (χ4v) is 4.29. The first-order valence-corrected chi connectivity index (χ1v) is 9.32.